The zero-order valence-corrected chi connectivity index (χ0v) is 10.1. The molecule has 0 aliphatic rings. The van der Waals surface area contributed by atoms with Crippen LogP contribution in [0.5, 0.6) is 0 Å². The van der Waals surface area contributed by atoms with Gasteiger partial charge in [0.15, 0.2) is 0 Å². The molecular formula is C10H11F2N3O5. The molecule has 0 radical (unpaired) electrons. The maximum absolute atomic E-state index is 12.4. The van der Waals surface area contributed by atoms with Crippen LogP contribution in [0.15, 0.2) is 12.3 Å². The lowest BCUT2D eigenvalue weighted by Crippen LogP contribution is -2.32. The number of aliphatic hydroxyl groups excluding tert-OH is 1. The van der Waals surface area contributed by atoms with Gasteiger partial charge in [-0.2, -0.15) is 0 Å². The Morgan fingerprint density at radius 1 is 1.55 bits per heavy atom. The van der Waals surface area contributed by atoms with Gasteiger partial charge in [0.2, 0.25) is 0 Å². The predicted molar refractivity (Wildman–Crippen MR) is 63.2 cm³/mol. The summed E-state index contributed by atoms with van der Waals surface area (Å²) in [6, 6.07) is 0.832. The summed E-state index contributed by atoms with van der Waals surface area (Å²) in [5.74, 6) is -1.75. The Morgan fingerprint density at radius 2 is 2.20 bits per heavy atom. The number of carboxylic acid groups (broad SMARTS) is 1. The molecule has 0 aliphatic heterocycles. The van der Waals surface area contributed by atoms with E-state index >= 15 is 0 Å². The molecule has 20 heavy (non-hydrogen) atoms. The van der Waals surface area contributed by atoms with Crippen LogP contribution in [0.25, 0.3) is 0 Å². The highest BCUT2D eigenvalue weighted by Gasteiger charge is 2.23. The molecule has 0 aromatic carbocycles. The number of carboxylic acids is 1. The van der Waals surface area contributed by atoms with E-state index in [0.717, 1.165) is 11.0 Å². The molecule has 1 aromatic heterocycles. The van der Waals surface area contributed by atoms with Gasteiger partial charge < -0.3 is 15.1 Å². The number of nitrogens with zero attached hydrogens (tertiary/aromatic N) is 3. The van der Waals surface area contributed by atoms with Gasteiger partial charge in [0.1, 0.15) is 17.6 Å². The second-order valence-corrected chi connectivity index (χ2v) is 3.68. The van der Waals surface area contributed by atoms with Crippen molar-refractivity contribution < 1.29 is 28.7 Å². The number of alkyl halides is 2. The zero-order valence-electron chi connectivity index (χ0n) is 10.1. The molecule has 0 amide bonds. The SMILES string of the molecule is O=C(O)c1cc(N(CCO)CC(F)F)ncc1[N+](=O)[O-]. The maximum atomic E-state index is 12.4. The molecule has 0 fully saturated rings. The first kappa shape index (κ1) is 15.7. The minimum Gasteiger partial charge on any atom is -0.477 e. The van der Waals surface area contributed by atoms with Crippen LogP contribution in [-0.4, -0.2) is 52.2 Å². The van der Waals surface area contributed by atoms with E-state index in [2.05, 4.69) is 4.98 Å². The van der Waals surface area contributed by atoms with Crippen LogP contribution in [0.3, 0.4) is 0 Å². The van der Waals surface area contributed by atoms with Crippen LogP contribution < -0.4 is 4.90 Å². The van der Waals surface area contributed by atoms with Crippen molar-refractivity contribution in [3.05, 3.63) is 27.9 Å². The molecule has 0 unspecified atom stereocenters. The number of rotatable bonds is 7. The van der Waals surface area contributed by atoms with Gasteiger partial charge in [0.25, 0.3) is 6.43 Å². The summed E-state index contributed by atoms with van der Waals surface area (Å²) < 4.78 is 24.8. The molecule has 0 saturated carbocycles. The third-order valence-electron chi connectivity index (χ3n) is 2.35. The fraction of sp³-hybridized carbons (Fsp3) is 0.400. The van der Waals surface area contributed by atoms with Gasteiger partial charge in [-0.25, -0.2) is 18.6 Å². The van der Waals surface area contributed by atoms with Crippen molar-refractivity contribution >= 4 is 17.5 Å². The quantitative estimate of drug-likeness (QED) is 0.562. The topological polar surface area (TPSA) is 117 Å². The van der Waals surface area contributed by atoms with Gasteiger partial charge in [0, 0.05) is 12.6 Å². The fourth-order valence-corrected chi connectivity index (χ4v) is 1.51. The molecule has 1 rings (SSSR count). The van der Waals surface area contributed by atoms with Gasteiger partial charge in [-0.05, 0) is 0 Å². The summed E-state index contributed by atoms with van der Waals surface area (Å²) >= 11 is 0. The normalized spacial score (nSPS) is 10.6. The molecule has 0 bridgehead atoms. The molecule has 0 aliphatic carbocycles. The molecule has 110 valence electrons. The Hall–Kier alpha value is -2.36. The smallest absolute Gasteiger partial charge is 0.342 e. The number of aliphatic hydroxyl groups is 1. The van der Waals surface area contributed by atoms with Crippen molar-refractivity contribution in [2.24, 2.45) is 0 Å². The molecule has 0 saturated heterocycles. The lowest BCUT2D eigenvalue weighted by Gasteiger charge is -2.22. The average Bonchev–Trinajstić information content (AvgIpc) is 2.36. The summed E-state index contributed by atoms with van der Waals surface area (Å²) in [5, 5.41) is 28.3. The molecule has 8 nitrogen and oxygen atoms in total. The third-order valence-corrected chi connectivity index (χ3v) is 2.35. The van der Waals surface area contributed by atoms with E-state index < -0.39 is 41.7 Å². The Bertz CT molecular complexity index is 512. The Morgan fingerprint density at radius 3 is 2.65 bits per heavy atom. The Balaban J connectivity index is 3.20. The number of carbonyl (C=O) groups is 1. The van der Waals surface area contributed by atoms with E-state index in [4.69, 9.17) is 10.2 Å². The van der Waals surface area contributed by atoms with E-state index in [0.29, 0.717) is 6.20 Å². The third kappa shape index (κ3) is 3.82. The van der Waals surface area contributed by atoms with Crippen molar-refractivity contribution in [2.75, 3.05) is 24.6 Å². The number of hydrogen-bond donors (Lipinski definition) is 2. The molecule has 0 spiro atoms. The minimum atomic E-state index is -2.73. The Kier molecular flexibility index (Phi) is 5.26. The van der Waals surface area contributed by atoms with Crippen molar-refractivity contribution in [1.82, 2.24) is 4.98 Å². The molecule has 1 heterocycles. The van der Waals surface area contributed by atoms with Crippen LogP contribution in [0.1, 0.15) is 10.4 Å². The van der Waals surface area contributed by atoms with E-state index in [-0.39, 0.29) is 12.4 Å². The van der Waals surface area contributed by atoms with Gasteiger partial charge in [-0.1, -0.05) is 0 Å². The van der Waals surface area contributed by atoms with Crippen LogP contribution in [0.2, 0.25) is 0 Å². The summed E-state index contributed by atoms with van der Waals surface area (Å²) in [6.45, 7) is -1.42. The summed E-state index contributed by atoms with van der Waals surface area (Å²) in [7, 11) is 0. The standard InChI is InChI=1S/C10H11F2N3O5/c11-8(12)5-14(1-2-16)9-3-6(10(17)18)7(4-13-9)15(19)20/h3-4,8,16H,1-2,5H2,(H,17,18). The lowest BCUT2D eigenvalue weighted by atomic mass is 10.2. The van der Waals surface area contributed by atoms with Crippen LogP contribution in [0.4, 0.5) is 20.3 Å². The molecule has 2 N–H and O–H groups in total. The number of hydrogen-bond acceptors (Lipinski definition) is 6. The number of halogens is 2. The molecule has 0 atom stereocenters. The van der Waals surface area contributed by atoms with Crippen molar-refractivity contribution in [1.29, 1.82) is 0 Å². The Labute approximate surface area is 111 Å². The molecule has 1 aromatic rings. The number of pyridine rings is 1. The lowest BCUT2D eigenvalue weighted by molar-refractivity contribution is -0.385. The highest BCUT2D eigenvalue weighted by molar-refractivity contribution is 5.93. The van der Waals surface area contributed by atoms with Gasteiger partial charge in [0.05, 0.1) is 18.1 Å². The number of anilines is 1. The van der Waals surface area contributed by atoms with Crippen molar-refractivity contribution in [2.45, 2.75) is 6.43 Å². The second kappa shape index (κ2) is 6.70. The number of aromatic nitrogens is 1. The minimum absolute atomic E-state index is 0.178. The first-order valence-electron chi connectivity index (χ1n) is 5.38. The summed E-state index contributed by atoms with van der Waals surface area (Å²) in [5.41, 5.74) is -1.39. The predicted octanol–water partition coefficient (Wildman–Crippen LogP) is 0.752. The van der Waals surface area contributed by atoms with Crippen LogP contribution in [0, 0.1) is 10.1 Å². The van der Waals surface area contributed by atoms with E-state index in [1.807, 2.05) is 0 Å². The van der Waals surface area contributed by atoms with Gasteiger partial charge in [-0.15, -0.1) is 0 Å². The highest BCUT2D eigenvalue weighted by atomic mass is 19.3. The highest BCUT2D eigenvalue weighted by Crippen LogP contribution is 2.22. The maximum Gasteiger partial charge on any atom is 0.342 e. The zero-order chi connectivity index (χ0) is 15.3. The number of aromatic carboxylic acids is 1. The number of nitro groups is 1. The van der Waals surface area contributed by atoms with Crippen molar-refractivity contribution in [3.63, 3.8) is 0 Å². The van der Waals surface area contributed by atoms with Gasteiger partial charge in [-0.3, -0.25) is 10.1 Å². The second-order valence-electron chi connectivity index (χ2n) is 3.68. The molecule has 10 heteroatoms. The van der Waals surface area contributed by atoms with E-state index in [9.17, 15) is 23.7 Å². The largest absolute Gasteiger partial charge is 0.477 e. The first-order chi connectivity index (χ1) is 9.36. The summed E-state index contributed by atoms with van der Waals surface area (Å²) in [6.07, 6.45) is -2.04. The first-order valence-corrected chi connectivity index (χ1v) is 5.38. The molecular weight excluding hydrogens is 280 g/mol. The fourth-order valence-electron chi connectivity index (χ4n) is 1.51. The van der Waals surface area contributed by atoms with E-state index in [1.54, 1.807) is 0 Å². The van der Waals surface area contributed by atoms with E-state index in [1.165, 1.54) is 0 Å². The monoisotopic (exact) mass is 291 g/mol. The van der Waals surface area contributed by atoms with Gasteiger partial charge >= 0.3 is 11.7 Å². The average molecular weight is 291 g/mol. The van der Waals surface area contributed by atoms with Crippen molar-refractivity contribution in [3.8, 4) is 0 Å². The van der Waals surface area contributed by atoms with Crippen LogP contribution >= 0.6 is 0 Å². The van der Waals surface area contributed by atoms with Crippen LogP contribution in [-0.2, 0) is 0 Å². The summed E-state index contributed by atoms with van der Waals surface area (Å²) in [4.78, 5) is 25.2.